The smallest absolute Gasteiger partial charge is 0.352 e. The summed E-state index contributed by atoms with van der Waals surface area (Å²) in [4.78, 5) is 43.9. The number of fused-ring (bicyclic) bond motifs is 2. The van der Waals surface area contributed by atoms with Crippen molar-refractivity contribution in [2.45, 2.75) is 37.5 Å². The average molecular weight is 628 g/mol. The molecule has 3 saturated heterocycles. The Hall–Kier alpha value is -4.22. The van der Waals surface area contributed by atoms with Gasteiger partial charge in [-0.3, -0.25) is 14.5 Å². The van der Waals surface area contributed by atoms with Crippen LogP contribution in [0.5, 0.6) is 0 Å². The van der Waals surface area contributed by atoms with Crippen molar-refractivity contribution in [3.05, 3.63) is 58.0 Å². The fourth-order valence-electron chi connectivity index (χ4n) is 6.43. The Bertz CT molecular complexity index is 1720. The molecule has 0 spiro atoms. The number of aromatic nitrogens is 4. The van der Waals surface area contributed by atoms with Gasteiger partial charge in [0.25, 0.3) is 5.56 Å². The first-order valence-corrected chi connectivity index (χ1v) is 14.7. The number of halogens is 4. The minimum atomic E-state index is -4.84. The van der Waals surface area contributed by atoms with Crippen LogP contribution in [0.25, 0.3) is 16.6 Å². The van der Waals surface area contributed by atoms with Gasteiger partial charge in [0.15, 0.2) is 0 Å². The van der Waals surface area contributed by atoms with E-state index in [0.29, 0.717) is 36.2 Å². The maximum absolute atomic E-state index is 14.0. The lowest BCUT2D eigenvalue weighted by molar-refractivity contribution is -0.137. The zero-order valence-corrected chi connectivity index (χ0v) is 24.4. The number of hydrogen-bond acceptors (Lipinski definition) is 9. The van der Waals surface area contributed by atoms with E-state index in [1.807, 2.05) is 9.80 Å². The van der Waals surface area contributed by atoms with Gasteiger partial charge in [0.2, 0.25) is 11.9 Å². The van der Waals surface area contributed by atoms with Crippen LogP contribution in [0.4, 0.5) is 24.9 Å². The summed E-state index contributed by atoms with van der Waals surface area (Å²) in [5.41, 5.74) is -2.63. The number of carbonyl (C=O) groups excluding carboxylic acids is 1. The Morgan fingerprint density at radius 3 is 2.68 bits per heavy atom. The molecule has 3 aliphatic heterocycles. The van der Waals surface area contributed by atoms with Crippen molar-refractivity contribution < 1.29 is 18.0 Å². The number of nitrogens with zero attached hydrogens (tertiary/aromatic N) is 9. The lowest BCUT2D eigenvalue weighted by Crippen LogP contribution is -2.55. The molecule has 1 amide bonds. The third-order valence-corrected chi connectivity index (χ3v) is 8.87. The van der Waals surface area contributed by atoms with E-state index in [1.165, 1.54) is 18.3 Å². The van der Waals surface area contributed by atoms with Crippen molar-refractivity contribution in [3.63, 3.8) is 0 Å². The number of hydrogen-bond donors (Lipinski definition) is 0. The van der Waals surface area contributed by atoms with Gasteiger partial charge in [-0.15, -0.1) is 0 Å². The van der Waals surface area contributed by atoms with Crippen LogP contribution >= 0.6 is 11.6 Å². The van der Waals surface area contributed by atoms with E-state index in [4.69, 9.17) is 16.6 Å². The average Bonchev–Trinajstić information content (AvgIpc) is 3.48. The summed E-state index contributed by atoms with van der Waals surface area (Å²) in [5.74, 6) is 0.364. The monoisotopic (exact) mass is 627 g/mol. The number of benzene rings is 1. The third kappa shape index (κ3) is 5.35. The molecule has 0 aliphatic carbocycles. The summed E-state index contributed by atoms with van der Waals surface area (Å²) in [6.07, 6.45) is -0.170. The third-order valence-electron chi connectivity index (χ3n) is 8.55. The zero-order chi connectivity index (χ0) is 31.2. The predicted molar refractivity (Wildman–Crippen MR) is 158 cm³/mol. The maximum atomic E-state index is 14.0. The number of piperazine rings is 2. The molecule has 0 N–H and O–H groups in total. The highest BCUT2D eigenvalue weighted by Gasteiger charge is 2.38. The Morgan fingerprint density at radius 1 is 1.14 bits per heavy atom. The molecule has 3 fully saturated rings. The molecule has 0 radical (unpaired) electrons. The largest absolute Gasteiger partial charge is 0.419 e. The van der Waals surface area contributed by atoms with Crippen molar-refractivity contribution in [1.82, 2.24) is 29.5 Å². The van der Waals surface area contributed by atoms with Crippen LogP contribution in [0, 0.1) is 11.3 Å². The summed E-state index contributed by atoms with van der Waals surface area (Å²) in [7, 11) is 0. The van der Waals surface area contributed by atoms with Gasteiger partial charge in [0.1, 0.15) is 11.3 Å². The fourth-order valence-corrected chi connectivity index (χ4v) is 6.70. The molecule has 11 nitrogen and oxygen atoms in total. The normalized spacial score (nSPS) is 20.9. The van der Waals surface area contributed by atoms with Crippen LogP contribution in [0.15, 0.2) is 41.8 Å². The fraction of sp³-hybridized carbons (Fsp3) is 0.448. The van der Waals surface area contributed by atoms with Crippen LogP contribution in [0.1, 0.15) is 24.8 Å². The molecule has 2 atom stereocenters. The minimum absolute atomic E-state index is 0.0651. The first kappa shape index (κ1) is 29.8. The molecule has 0 bridgehead atoms. The first-order valence-electron chi connectivity index (χ1n) is 14.3. The molecule has 44 heavy (non-hydrogen) atoms. The highest BCUT2D eigenvalue weighted by molar-refractivity contribution is 6.31. The van der Waals surface area contributed by atoms with Gasteiger partial charge in [0.05, 0.1) is 46.4 Å². The number of amides is 1. The number of rotatable bonds is 5. The zero-order valence-electron chi connectivity index (χ0n) is 23.7. The SMILES string of the molecule is C=CC(=O)N1CCN(c2nc(N3CCN4CCCC4C3)nc3c(=O)n(-c4cccc(Cl)c4C(F)(F)F)ncc23)C[C@@H]1CC#N. The second kappa shape index (κ2) is 11.7. The van der Waals surface area contributed by atoms with E-state index in [2.05, 4.69) is 27.6 Å². The minimum Gasteiger partial charge on any atom is -0.352 e. The number of carbonyl (C=O) groups is 1. The summed E-state index contributed by atoms with van der Waals surface area (Å²) >= 11 is 5.95. The predicted octanol–water partition coefficient (Wildman–Crippen LogP) is 3.25. The first-order chi connectivity index (χ1) is 21.1. The van der Waals surface area contributed by atoms with Gasteiger partial charge in [-0.25, -0.2) is 4.98 Å². The van der Waals surface area contributed by atoms with Crippen molar-refractivity contribution in [2.24, 2.45) is 0 Å². The van der Waals surface area contributed by atoms with Crippen LogP contribution in [-0.2, 0) is 11.0 Å². The Morgan fingerprint density at radius 2 is 1.93 bits per heavy atom. The quantitative estimate of drug-likeness (QED) is 0.393. The van der Waals surface area contributed by atoms with Crippen LogP contribution in [0.2, 0.25) is 5.02 Å². The summed E-state index contributed by atoms with van der Waals surface area (Å²) in [6.45, 7) is 7.50. The van der Waals surface area contributed by atoms with E-state index in [-0.39, 0.29) is 42.3 Å². The molecule has 3 aromatic rings. The summed E-state index contributed by atoms with van der Waals surface area (Å²) in [5, 5.41) is 13.3. The van der Waals surface area contributed by atoms with Crippen molar-refractivity contribution in [1.29, 1.82) is 5.26 Å². The number of anilines is 2. The van der Waals surface area contributed by atoms with E-state index in [1.54, 1.807) is 4.90 Å². The second-order valence-corrected chi connectivity index (χ2v) is 11.5. The Kier molecular flexibility index (Phi) is 7.93. The molecule has 1 unspecified atom stereocenters. The van der Waals surface area contributed by atoms with Gasteiger partial charge < -0.3 is 14.7 Å². The molecule has 3 aliphatic rings. The standard InChI is InChI=1S/C29H29ClF3N9O2/c1-2-23(43)41-14-13-39(17-19(41)8-9-34)26-20-15-35-42(22-7-3-6-21(30)24(22)29(31,32)33)27(44)25(20)36-28(37-26)40-12-11-38-10-4-5-18(38)16-40/h2-3,6-7,15,18-19H,1,4-5,8,10-14,16-17H2/t18?,19-/m0/s1. The van der Waals surface area contributed by atoms with Gasteiger partial charge >= 0.3 is 6.18 Å². The van der Waals surface area contributed by atoms with Crippen molar-refractivity contribution in [3.8, 4) is 11.8 Å². The molecular weight excluding hydrogens is 599 g/mol. The van der Waals surface area contributed by atoms with E-state index in [0.717, 1.165) is 38.1 Å². The number of alkyl halides is 3. The highest BCUT2D eigenvalue weighted by Crippen LogP contribution is 2.38. The van der Waals surface area contributed by atoms with Crippen LogP contribution < -0.4 is 15.4 Å². The van der Waals surface area contributed by atoms with Crippen molar-refractivity contribution >= 4 is 40.2 Å². The summed E-state index contributed by atoms with van der Waals surface area (Å²) < 4.78 is 42.8. The van der Waals surface area contributed by atoms with E-state index in [9.17, 15) is 28.0 Å². The van der Waals surface area contributed by atoms with Crippen LogP contribution in [0.3, 0.4) is 0 Å². The molecule has 15 heteroatoms. The molecule has 230 valence electrons. The molecule has 5 heterocycles. The molecule has 6 rings (SSSR count). The van der Waals surface area contributed by atoms with Crippen LogP contribution in [-0.4, -0.2) is 93.4 Å². The highest BCUT2D eigenvalue weighted by atomic mass is 35.5. The number of nitriles is 1. The molecule has 2 aromatic heterocycles. The Labute approximate surface area is 255 Å². The van der Waals surface area contributed by atoms with Gasteiger partial charge in [-0.1, -0.05) is 24.2 Å². The maximum Gasteiger partial charge on any atom is 0.419 e. The second-order valence-electron chi connectivity index (χ2n) is 11.1. The molecule has 1 aromatic carbocycles. The van der Waals surface area contributed by atoms with Gasteiger partial charge in [-0.2, -0.15) is 33.2 Å². The molecule has 0 saturated carbocycles. The van der Waals surface area contributed by atoms with E-state index >= 15 is 0 Å². The van der Waals surface area contributed by atoms with Crippen molar-refractivity contribution in [2.75, 3.05) is 55.6 Å². The van der Waals surface area contributed by atoms with Gasteiger partial charge in [-0.05, 0) is 37.6 Å². The molecular formula is C29H29ClF3N9O2. The van der Waals surface area contributed by atoms with E-state index < -0.39 is 34.1 Å². The van der Waals surface area contributed by atoms with Gasteiger partial charge in [0, 0.05) is 45.3 Å². The Balaban J connectivity index is 1.50. The topological polar surface area (TPSA) is 114 Å². The summed E-state index contributed by atoms with van der Waals surface area (Å²) in [6, 6.07) is 5.54. The lowest BCUT2D eigenvalue weighted by Gasteiger charge is -2.41. The lowest BCUT2D eigenvalue weighted by atomic mass is 10.1.